The highest BCUT2D eigenvalue weighted by Crippen LogP contribution is 2.38. The molecule has 4 rings (SSSR count). The Labute approximate surface area is 201 Å². The van der Waals surface area contributed by atoms with Crippen LogP contribution in [0.4, 0.5) is 0 Å². The fourth-order valence-electron chi connectivity index (χ4n) is 4.70. The number of fused-ring (bicyclic) bond motifs is 2. The smallest absolute Gasteiger partial charge is 0.248 e. The molecule has 3 heterocycles. The molecule has 33 heavy (non-hydrogen) atoms. The second-order valence-corrected chi connectivity index (χ2v) is 11.1. The van der Waals surface area contributed by atoms with Gasteiger partial charge in [-0.15, -0.1) is 6.58 Å². The van der Waals surface area contributed by atoms with Crippen molar-refractivity contribution in [3.8, 4) is 0 Å². The summed E-state index contributed by atoms with van der Waals surface area (Å²) in [7, 11) is -4.11. The van der Waals surface area contributed by atoms with Crippen LogP contribution >= 0.6 is 15.9 Å². The second-order valence-electron chi connectivity index (χ2n) is 8.33. The summed E-state index contributed by atoms with van der Waals surface area (Å²) >= 11 is 3.27. The predicted octanol–water partition coefficient (Wildman–Crippen LogP) is 2.70. The van der Waals surface area contributed by atoms with Crippen molar-refractivity contribution in [2.75, 3.05) is 6.54 Å². The summed E-state index contributed by atoms with van der Waals surface area (Å²) in [5.41, 5.74) is 6.21. The molecule has 0 saturated carbocycles. The third-order valence-electron chi connectivity index (χ3n) is 6.25. The number of pyridine rings is 1. The highest BCUT2D eigenvalue weighted by atomic mass is 79.9. The lowest BCUT2D eigenvalue weighted by Crippen LogP contribution is -2.54. The van der Waals surface area contributed by atoms with E-state index >= 15 is 0 Å². The molecule has 1 aromatic carbocycles. The number of halogens is 1. The minimum atomic E-state index is -4.11. The van der Waals surface area contributed by atoms with E-state index in [1.807, 2.05) is 12.1 Å². The van der Waals surface area contributed by atoms with Gasteiger partial charge in [0.25, 0.3) is 0 Å². The first-order chi connectivity index (χ1) is 15.7. The lowest BCUT2D eigenvalue weighted by atomic mass is 9.90. The van der Waals surface area contributed by atoms with E-state index in [-0.39, 0.29) is 22.3 Å². The van der Waals surface area contributed by atoms with Gasteiger partial charge in [0.2, 0.25) is 21.8 Å². The van der Waals surface area contributed by atoms with Crippen LogP contribution in [0.5, 0.6) is 0 Å². The van der Waals surface area contributed by atoms with Gasteiger partial charge in [-0.3, -0.25) is 14.6 Å². The zero-order valence-electron chi connectivity index (χ0n) is 17.9. The van der Waals surface area contributed by atoms with Gasteiger partial charge in [-0.25, -0.2) is 8.42 Å². The first-order valence-electron chi connectivity index (χ1n) is 10.7. The van der Waals surface area contributed by atoms with Crippen molar-refractivity contribution in [3.63, 3.8) is 0 Å². The normalized spacial score (nSPS) is 23.7. The van der Waals surface area contributed by atoms with Crippen LogP contribution in [0.25, 0.3) is 0 Å². The highest BCUT2D eigenvalue weighted by Gasteiger charge is 2.49. The van der Waals surface area contributed by atoms with Gasteiger partial charge >= 0.3 is 0 Å². The van der Waals surface area contributed by atoms with E-state index in [4.69, 9.17) is 5.73 Å². The topological polar surface area (TPSA) is 114 Å². The number of piperidine rings is 1. The van der Waals surface area contributed by atoms with Crippen LogP contribution in [0.3, 0.4) is 0 Å². The molecule has 0 spiro atoms. The van der Waals surface area contributed by atoms with Crippen LogP contribution in [-0.2, 0) is 21.4 Å². The maximum Gasteiger partial charge on any atom is 0.248 e. The zero-order valence-corrected chi connectivity index (χ0v) is 20.3. The Bertz CT molecular complexity index is 1190. The summed E-state index contributed by atoms with van der Waals surface area (Å²) in [5.74, 6) is -1.23. The van der Waals surface area contributed by atoms with Gasteiger partial charge in [-0.2, -0.15) is 4.31 Å². The van der Waals surface area contributed by atoms with Gasteiger partial charge in [0.05, 0.1) is 17.1 Å². The van der Waals surface area contributed by atoms with Crippen molar-refractivity contribution in [3.05, 3.63) is 71.0 Å². The molecule has 1 aromatic heterocycles. The summed E-state index contributed by atoms with van der Waals surface area (Å²) < 4.78 is 29.5. The maximum atomic E-state index is 13.9. The lowest BCUT2D eigenvalue weighted by molar-refractivity contribution is -0.135. The number of hydrogen-bond donors (Lipinski definition) is 1. The summed E-state index contributed by atoms with van der Waals surface area (Å²) in [6.07, 6.45) is 5.18. The summed E-state index contributed by atoms with van der Waals surface area (Å²) in [5, 5.41) is 0. The molecule has 174 valence electrons. The number of carbonyl (C=O) groups excluding carboxylic acids is 2. The molecule has 3 atom stereocenters. The number of aromatic nitrogens is 1. The van der Waals surface area contributed by atoms with E-state index in [1.54, 1.807) is 23.2 Å². The van der Waals surface area contributed by atoms with Gasteiger partial charge in [0.15, 0.2) is 0 Å². The van der Waals surface area contributed by atoms with Gasteiger partial charge in [-0.1, -0.05) is 28.1 Å². The van der Waals surface area contributed by atoms with Gasteiger partial charge in [0, 0.05) is 34.7 Å². The highest BCUT2D eigenvalue weighted by molar-refractivity contribution is 9.10. The number of nitrogens with two attached hydrogens (primary N) is 1. The minimum absolute atomic E-state index is 0.0728. The fourth-order valence-corrected chi connectivity index (χ4v) is 7.29. The van der Waals surface area contributed by atoms with Crippen molar-refractivity contribution < 1.29 is 18.0 Å². The molecule has 8 nitrogen and oxygen atoms in total. The quantitative estimate of drug-likeness (QED) is 0.574. The molecule has 0 radical (unpaired) electrons. The maximum absolute atomic E-state index is 13.9. The van der Waals surface area contributed by atoms with Crippen molar-refractivity contribution in [2.24, 2.45) is 11.7 Å². The molecule has 2 N–H and O–H groups in total. The third kappa shape index (κ3) is 4.60. The second kappa shape index (κ2) is 9.36. The van der Waals surface area contributed by atoms with Crippen molar-refractivity contribution in [1.82, 2.24) is 14.2 Å². The molecule has 2 fully saturated rings. The summed E-state index contributed by atoms with van der Waals surface area (Å²) in [6, 6.07) is 8.42. The fraction of sp³-hybridized carbons (Fsp3) is 0.348. The van der Waals surface area contributed by atoms with E-state index in [2.05, 4.69) is 27.5 Å². The van der Waals surface area contributed by atoms with Gasteiger partial charge in [0.1, 0.15) is 6.04 Å². The van der Waals surface area contributed by atoms with Crippen molar-refractivity contribution in [2.45, 2.75) is 42.8 Å². The third-order valence-corrected chi connectivity index (χ3v) is 8.62. The Morgan fingerprint density at radius 3 is 2.73 bits per heavy atom. The molecule has 2 aliphatic heterocycles. The van der Waals surface area contributed by atoms with Crippen LogP contribution in [0, 0.1) is 5.92 Å². The van der Waals surface area contributed by atoms with E-state index in [0.717, 1.165) is 12.1 Å². The number of amides is 2. The zero-order chi connectivity index (χ0) is 23.8. The molecular weight excluding hydrogens is 508 g/mol. The molecular formula is C23H25BrN4O4S. The largest absolute Gasteiger partial charge is 0.366 e. The van der Waals surface area contributed by atoms with Crippen molar-refractivity contribution in [1.29, 1.82) is 0 Å². The monoisotopic (exact) mass is 532 g/mol. The lowest BCUT2D eigenvalue weighted by Gasteiger charge is -2.40. The Balaban J connectivity index is 1.77. The Morgan fingerprint density at radius 1 is 1.27 bits per heavy atom. The van der Waals surface area contributed by atoms with Crippen LogP contribution in [0.15, 0.2) is 64.6 Å². The number of rotatable bonds is 6. The SMILES string of the molecule is C=C[C@H]1CN(Cc2ccccn2)C(=O)C2CCC[C@@H]1N2S(=O)(=O)c1cc(Br)cc(C(N)=O)c1. The average Bonchev–Trinajstić information content (AvgIpc) is 2.86. The van der Waals surface area contributed by atoms with E-state index in [1.165, 1.54) is 22.5 Å². The number of carbonyl (C=O) groups is 2. The molecule has 2 amide bonds. The van der Waals surface area contributed by atoms with Crippen LogP contribution in [-0.4, -0.2) is 53.0 Å². The number of nitrogens with zero attached hydrogens (tertiary/aromatic N) is 3. The molecule has 10 heteroatoms. The molecule has 0 aliphatic carbocycles. The number of sulfonamides is 1. The Kier molecular flexibility index (Phi) is 6.69. The first kappa shape index (κ1) is 23.6. The molecule has 2 saturated heterocycles. The molecule has 2 aromatic rings. The van der Waals surface area contributed by atoms with E-state index in [0.29, 0.717) is 30.4 Å². The van der Waals surface area contributed by atoms with Crippen LogP contribution < -0.4 is 5.73 Å². The van der Waals surface area contributed by atoms with Crippen LogP contribution in [0.2, 0.25) is 0 Å². The molecule has 2 aliphatic rings. The summed E-state index contributed by atoms with van der Waals surface area (Å²) in [4.78, 5) is 31.3. The Morgan fingerprint density at radius 2 is 2.06 bits per heavy atom. The first-order valence-corrected chi connectivity index (χ1v) is 12.9. The van der Waals surface area contributed by atoms with Gasteiger partial charge < -0.3 is 10.6 Å². The molecule has 2 bridgehead atoms. The predicted molar refractivity (Wildman–Crippen MR) is 126 cm³/mol. The molecule has 1 unspecified atom stereocenters. The van der Waals surface area contributed by atoms with Gasteiger partial charge in [-0.05, 0) is 49.6 Å². The van der Waals surface area contributed by atoms with Crippen molar-refractivity contribution >= 4 is 37.8 Å². The van der Waals surface area contributed by atoms with E-state index < -0.39 is 28.0 Å². The average molecular weight is 533 g/mol. The minimum Gasteiger partial charge on any atom is -0.366 e. The standard InChI is InChI=1S/C23H25BrN4O4S/c1-2-15-13-27(14-18-6-3-4-9-26-18)23(30)21-8-5-7-20(15)28(21)33(31,32)19-11-16(22(25)29)10-17(24)12-19/h2-4,6,9-12,15,20-21H,1,5,7-8,13-14H2,(H2,25,29)/t15-,20-,21?/m0/s1. The number of primary amides is 1. The Hall–Kier alpha value is -2.56. The van der Waals surface area contributed by atoms with Crippen LogP contribution in [0.1, 0.15) is 35.3 Å². The summed E-state index contributed by atoms with van der Waals surface area (Å²) in [6.45, 7) is 4.59. The van der Waals surface area contributed by atoms with E-state index in [9.17, 15) is 18.0 Å². The number of hydrogen-bond acceptors (Lipinski definition) is 5. The number of benzene rings is 1.